The molecule has 0 aliphatic carbocycles. The average molecular weight is 199 g/mol. The Labute approximate surface area is 84.8 Å². The predicted octanol–water partition coefficient (Wildman–Crippen LogP) is 1.65. The van der Waals surface area contributed by atoms with Crippen LogP contribution in [0.5, 0.6) is 0 Å². The van der Waals surface area contributed by atoms with Crippen LogP contribution in [-0.4, -0.2) is 25.3 Å². The van der Waals surface area contributed by atoms with Crippen molar-refractivity contribution in [3.63, 3.8) is 0 Å². The molecule has 0 bridgehead atoms. The lowest BCUT2D eigenvalue weighted by Gasteiger charge is -2.11. The van der Waals surface area contributed by atoms with E-state index in [0.29, 0.717) is 13.0 Å². The van der Waals surface area contributed by atoms with Crippen molar-refractivity contribution >= 4 is 5.97 Å². The summed E-state index contributed by atoms with van der Waals surface area (Å²) in [5.41, 5.74) is 0. The lowest BCUT2D eigenvalue weighted by atomic mass is 10.3. The van der Waals surface area contributed by atoms with Crippen molar-refractivity contribution in [1.82, 2.24) is 0 Å². The predicted molar refractivity (Wildman–Crippen MR) is 51.5 cm³/mol. The Morgan fingerprint density at radius 3 is 2.79 bits per heavy atom. The third-order valence-electron chi connectivity index (χ3n) is 1.66. The van der Waals surface area contributed by atoms with Crippen molar-refractivity contribution in [1.29, 1.82) is 5.26 Å². The van der Waals surface area contributed by atoms with Gasteiger partial charge in [-0.15, -0.1) is 0 Å². The van der Waals surface area contributed by atoms with Crippen molar-refractivity contribution < 1.29 is 14.3 Å². The molecule has 0 heterocycles. The molecule has 0 spiro atoms. The third kappa shape index (κ3) is 6.44. The van der Waals surface area contributed by atoms with Crippen molar-refractivity contribution in [2.45, 2.75) is 39.2 Å². The highest BCUT2D eigenvalue weighted by Crippen LogP contribution is 1.97. The highest BCUT2D eigenvalue weighted by Gasteiger charge is 2.13. The van der Waals surface area contributed by atoms with Crippen molar-refractivity contribution in [3.05, 3.63) is 0 Å². The maximum Gasteiger partial charge on any atom is 0.334 e. The van der Waals surface area contributed by atoms with E-state index in [2.05, 4.69) is 0 Å². The fourth-order valence-electron chi connectivity index (χ4n) is 0.784. The molecule has 0 aromatic rings. The molecule has 1 unspecified atom stereocenters. The Morgan fingerprint density at radius 1 is 1.50 bits per heavy atom. The second kappa shape index (κ2) is 8.52. The summed E-state index contributed by atoms with van der Waals surface area (Å²) in [5, 5.41) is 8.24. The highest BCUT2D eigenvalue weighted by molar-refractivity contribution is 5.74. The minimum absolute atomic E-state index is 0.278. The summed E-state index contributed by atoms with van der Waals surface area (Å²) in [4.78, 5) is 11.2. The molecule has 14 heavy (non-hydrogen) atoms. The summed E-state index contributed by atoms with van der Waals surface area (Å²) in [6, 6.07) is 1.94. The number of ether oxygens (including phenoxy) is 2. The number of nitrogens with zero attached hydrogens (tertiary/aromatic N) is 1. The van der Waals surface area contributed by atoms with Gasteiger partial charge in [-0.3, -0.25) is 0 Å². The van der Waals surface area contributed by atoms with Gasteiger partial charge in [0.05, 0.1) is 25.7 Å². The second-order valence-corrected chi connectivity index (χ2v) is 2.94. The minimum Gasteiger partial charge on any atom is -0.464 e. The fraction of sp³-hybridized carbons (Fsp3) is 0.800. The molecule has 0 aromatic carbocycles. The van der Waals surface area contributed by atoms with Gasteiger partial charge in [-0.25, -0.2) is 4.79 Å². The van der Waals surface area contributed by atoms with Crippen LogP contribution in [-0.2, 0) is 14.3 Å². The molecule has 4 nitrogen and oxygen atoms in total. The topological polar surface area (TPSA) is 59.3 Å². The molecule has 0 saturated carbocycles. The molecule has 0 N–H and O–H groups in total. The zero-order chi connectivity index (χ0) is 10.8. The van der Waals surface area contributed by atoms with E-state index in [1.807, 2.05) is 13.0 Å². The molecule has 0 amide bonds. The van der Waals surface area contributed by atoms with Gasteiger partial charge in [-0.05, 0) is 13.3 Å². The summed E-state index contributed by atoms with van der Waals surface area (Å²) in [6.45, 7) is 4.38. The number of carbonyl (C=O) groups is 1. The van der Waals surface area contributed by atoms with Crippen LogP contribution in [0.2, 0.25) is 0 Å². The number of unbranched alkanes of at least 4 members (excludes halogenated alkanes) is 1. The van der Waals surface area contributed by atoms with Gasteiger partial charge in [0, 0.05) is 0 Å². The van der Waals surface area contributed by atoms with Crippen molar-refractivity contribution in [3.8, 4) is 6.07 Å². The first-order valence-corrected chi connectivity index (χ1v) is 4.87. The molecule has 0 radical (unpaired) electrons. The van der Waals surface area contributed by atoms with Gasteiger partial charge < -0.3 is 9.47 Å². The number of carbonyl (C=O) groups excluding carboxylic acids is 1. The van der Waals surface area contributed by atoms with Crippen LogP contribution >= 0.6 is 0 Å². The number of hydrogen-bond acceptors (Lipinski definition) is 4. The number of hydrogen-bond donors (Lipinski definition) is 0. The number of rotatable bonds is 7. The molecule has 80 valence electrons. The number of nitriles is 1. The van der Waals surface area contributed by atoms with E-state index in [4.69, 9.17) is 14.7 Å². The van der Waals surface area contributed by atoms with Crippen LogP contribution in [0.1, 0.15) is 33.1 Å². The Hall–Kier alpha value is -1.08. The molecule has 0 aliphatic rings. The van der Waals surface area contributed by atoms with E-state index in [1.165, 1.54) is 0 Å². The SMILES string of the molecule is CCCCOC(=O)C(C)OCCC#N. The van der Waals surface area contributed by atoms with Gasteiger partial charge in [-0.1, -0.05) is 13.3 Å². The zero-order valence-corrected chi connectivity index (χ0v) is 8.78. The van der Waals surface area contributed by atoms with Gasteiger partial charge in [0.2, 0.25) is 0 Å². The Balaban J connectivity index is 3.50. The molecule has 0 aliphatic heterocycles. The second-order valence-electron chi connectivity index (χ2n) is 2.94. The van der Waals surface area contributed by atoms with Crippen LogP contribution < -0.4 is 0 Å². The first kappa shape index (κ1) is 12.9. The Morgan fingerprint density at radius 2 is 2.21 bits per heavy atom. The third-order valence-corrected chi connectivity index (χ3v) is 1.66. The van der Waals surface area contributed by atoms with E-state index < -0.39 is 6.10 Å². The zero-order valence-electron chi connectivity index (χ0n) is 8.78. The van der Waals surface area contributed by atoms with Crippen LogP contribution in [0.4, 0.5) is 0 Å². The van der Waals surface area contributed by atoms with Gasteiger partial charge >= 0.3 is 5.97 Å². The standard InChI is InChI=1S/C10H17NO3/c1-3-4-7-14-10(12)9(2)13-8-5-6-11/h9H,3-5,7-8H2,1-2H3. The lowest BCUT2D eigenvalue weighted by Crippen LogP contribution is -2.24. The van der Waals surface area contributed by atoms with Crippen LogP contribution in [0.3, 0.4) is 0 Å². The van der Waals surface area contributed by atoms with Crippen LogP contribution in [0.25, 0.3) is 0 Å². The van der Waals surface area contributed by atoms with Crippen molar-refractivity contribution in [2.24, 2.45) is 0 Å². The first-order valence-electron chi connectivity index (χ1n) is 4.87. The highest BCUT2D eigenvalue weighted by atomic mass is 16.6. The fourth-order valence-corrected chi connectivity index (χ4v) is 0.784. The van der Waals surface area contributed by atoms with E-state index >= 15 is 0 Å². The normalized spacial score (nSPS) is 11.8. The summed E-state index contributed by atoms with van der Waals surface area (Å²) >= 11 is 0. The average Bonchev–Trinajstić information content (AvgIpc) is 2.18. The van der Waals surface area contributed by atoms with Crippen LogP contribution in [0.15, 0.2) is 0 Å². The first-order chi connectivity index (χ1) is 6.72. The molecular formula is C10H17NO3. The summed E-state index contributed by atoms with van der Waals surface area (Å²) < 4.78 is 10.0. The van der Waals surface area contributed by atoms with Gasteiger partial charge in [0.1, 0.15) is 0 Å². The molecule has 0 aromatic heterocycles. The lowest BCUT2D eigenvalue weighted by molar-refractivity contribution is -0.156. The maximum absolute atomic E-state index is 11.2. The molecule has 0 rings (SSSR count). The van der Waals surface area contributed by atoms with Gasteiger partial charge in [0.25, 0.3) is 0 Å². The summed E-state index contributed by atoms with van der Waals surface area (Å²) in [7, 11) is 0. The quantitative estimate of drug-likeness (QED) is 0.462. The summed E-state index contributed by atoms with van der Waals surface area (Å²) in [5.74, 6) is -0.351. The van der Waals surface area contributed by atoms with Gasteiger partial charge in [-0.2, -0.15) is 5.26 Å². The maximum atomic E-state index is 11.2. The minimum atomic E-state index is -0.569. The van der Waals surface area contributed by atoms with Crippen molar-refractivity contribution in [2.75, 3.05) is 13.2 Å². The molecule has 1 atom stereocenters. The summed E-state index contributed by atoms with van der Waals surface area (Å²) in [6.07, 6.45) is 1.60. The molecular weight excluding hydrogens is 182 g/mol. The van der Waals surface area contributed by atoms with E-state index in [0.717, 1.165) is 12.8 Å². The largest absolute Gasteiger partial charge is 0.464 e. The van der Waals surface area contributed by atoms with Gasteiger partial charge in [0.15, 0.2) is 6.10 Å². The monoisotopic (exact) mass is 199 g/mol. The Bertz CT molecular complexity index is 198. The molecule has 4 heteroatoms. The van der Waals surface area contributed by atoms with Crippen LogP contribution in [0, 0.1) is 11.3 Å². The van der Waals surface area contributed by atoms with E-state index in [-0.39, 0.29) is 12.6 Å². The van der Waals surface area contributed by atoms with E-state index in [1.54, 1.807) is 6.92 Å². The molecule has 0 fully saturated rings. The molecule has 0 saturated heterocycles. The Kier molecular flexibility index (Phi) is 7.86. The smallest absolute Gasteiger partial charge is 0.334 e. The van der Waals surface area contributed by atoms with E-state index in [9.17, 15) is 4.79 Å². The number of esters is 1.